The first-order valence-corrected chi connectivity index (χ1v) is 8.34. The van der Waals surface area contributed by atoms with Crippen molar-refractivity contribution in [1.29, 1.82) is 0 Å². The van der Waals surface area contributed by atoms with Crippen LogP contribution in [-0.4, -0.2) is 36.5 Å². The van der Waals surface area contributed by atoms with Gasteiger partial charge in [-0.1, -0.05) is 19.8 Å². The Morgan fingerprint density at radius 1 is 1.30 bits per heavy atom. The Morgan fingerprint density at radius 2 is 1.96 bits per heavy atom. The predicted octanol–water partition coefficient (Wildman–Crippen LogP) is 3.74. The van der Waals surface area contributed by atoms with Crippen molar-refractivity contribution in [3.8, 4) is 0 Å². The molecule has 132 valence electrons. The van der Waals surface area contributed by atoms with E-state index >= 15 is 0 Å². The van der Waals surface area contributed by atoms with Crippen molar-refractivity contribution in [1.82, 2.24) is 15.2 Å². The van der Waals surface area contributed by atoms with Crippen LogP contribution in [0.15, 0.2) is 9.41 Å². The molecule has 1 aromatic rings. The van der Waals surface area contributed by atoms with E-state index in [4.69, 9.17) is 4.42 Å². The van der Waals surface area contributed by atoms with Gasteiger partial charge in [0.25, 0.3) is 0 Å². The zero-order valence-electron chi connectivity index (χ0n) is 15.1. The lowest BCUT2D eigenvalue weighted by molar-refractivity contribution is 0.250. The van der Waals surface area contributed by atoms with Crippen molar-refractivity contribution < 1.29 is 4.42 Å². The molecule has 0 bridgehead atoms. The van der Waals surface area contributed by atoms with Gasteiger partial charge in [0.05, 0.1) is 12.2 Å². The van der Waals surface area contributed by atoms with Crippen LogP contribution < -0.4 is 5.32 Å². The van der Waals surface area contributed by atoms with Crippen molar-refractivity contribution in [2.45, 2.75) is 53.0 Å². The maximum Gasteiger partial charge on any atom is 0.214 e. The van der Waals surface area contributed by atoms with E-state index in [-0.39, 0.29) is 24.0 Å². The third kappa shape index (κ3) is 5.97. The first-order chi connectivity index (χ1) is 10.5. The molecule has 23 heavy (non-hydrogen) atoms. The summed E-state index contributed by atoms with van der Waals surface area (Å²) in [6.45, 7) is 7.91. The number of aromatic nitrogens is 1. The maximum atomic E-state index is 5.60. The van der Waals surface area contributed by atoms with E-state index in [0.29, 0.717) is 6.54 Å². The van der Waals surface area contributed by atoms with Crippen molar-refractivity contribution >= 4 is 29.9 Å². The Morgan fingerprint density at radius 3 is 2.48 bits per heavy atom. The fourth-order valence-electron chi connectivity index (χ4n) is 3.14. The van der Waals surface area contributed by atoms with Gasteiger partial charge in [0.2, 0.25) is 5.89 Å². The molecule has 1 aliphatic carbocycles. The Bertz CT molecular complexity index is 487. The average molecular weight is 434 g/mol. The number of hydrogen-bond donors (Lipinski definition) is 1. The molecule has 0 spiro atoms. The number of halogens is 1. The molecule has 0 unspecified atom stereocenters. The summed E-state index contributed by atoms with van der Waals surface area (Å²) in [6.07, 6.45) is 5.39. The highest BCUT2D eigenvalue weighted by Crippen LogP contribution is 2.28. The third-order valence-electron chi connectivity index (χ3n) is 4.71. The second-order valence-electron chi connectivity index (χ2n) is 6.66. The van der Waals surface area contributed by atoms with Crippen LogP contribution in [0.1, 0.15) is 50.0 Å². The van der Waals surface area contributed by atoms with Crippen LogP contribution in [0.5, 0.6) is 0 Å². The first kappa shape index (κ1) is 20.3. The Kier molecular flexibility index (Phi) is 8.36. The zero-order chi connectivity index (χ0) is 16.1. The number of oxazole rings is 1. The highest BCUT2D eigenvalue weighted by molar-refractivity contribution is 14.0. The van der Waals surface area contributed by atoms with E-state index in [2.05, 4.69) is 34.2 Å². The van der Waals surface area contributed by atoms with Crippen LogP contribution in [0.25, 0.3) is 0 Å². The predicted molar refractivity (Wildman–Crippen MR) is 105 cm³/mol. The number of aliphatic imine (C=N–C) groups is 1. The normalized spacial score (nSPS) is 21.7. The van der Waals surface area contributed by atoms with Crippen LogP contribution in [-0.2, 0) is 6.54 Å². The summed E-state index contributed by atoms with van der Waals surface area (Å²) in [7, 11) is 3.94. The molecule has 1 aliphatic rings. The first-order valence-electron chi connectivity index (χ1n) is 8.34. The van der Waals surface area contributed by atoms with Gasteiger partial charge in [-0.05, 0) is 38.5 Å². The fourth-order valence-corrected chi connectivity index (χ4v) is 3.14. The van der Waals surface area contributed by atoms with Crippen molar-refractivity contribution in [2.75, 3.05) is 20.6 Å². The van der Waals surface area contributed by atoms with Crippen LogP contribution >= 0.6 is 24.0 Å². The topological polar surface area (TPSA) is 53.7 Å². The molecule has 1 heterocycles. The molecule has 0 saturated heterocycles. The Hall–Kier alpha value is -0.790. The molecule has 5 nitrogen and oxygen atoms in total. The van der Waals surface area contributed by atoms with E-state index in [1.54, 1.807) is 0 Å². The van der Waals surface area contributed by atoms with Gasteiger partial charge in [0.1, 0.15) is 5.76 Å². The summed E-state index contributed by atoms with van der Waals surface area (Å²) in [6, 6.07) is 0. The lowest BCUT2D eigenvalue weighted by Gasteiger charge is -2.31. The standard InChI is InChI=1S/C17H30N4O.HI/c1-12-6-8-15(9-7-12)11-21(5)17(18-4)19-10-16-20-13(2)14(3)22-16;/h12,15H,6-11H2,1-5H3,(H,18,19);1H. The van der Waals surface area contributed by atoms with Crippen molar-refractivity contribution in [3.05, 3.63) is 17.3 Å². The molecule has 0 radical (unpaired) electrons. The molecule has 1 fully saturated rings. The molecular formula is C17H31IN4O. The Balaban J connectivity index is 0.00000264. The molecule has 0 aliphatic heterocycles. The molecule has 6 heteroatoms. The van der Waals surface area contributed by atoms with Gasteiger partial charge in [-0.25, -0.2) is 4.98 Å². The summed E-state index contributed by atoms with van der Waals surface area (Å²) in [5, 5.41) is 3.34. The summed E-state index contributed by atoms with van der Waals surface area (Å²) in [5.74, 6) is 4.20. The van der Waals surface area contributed by atoms with E-state index in [1.807, 2.05) is 20.9 Å². The minimum atomic E-state index is 0. The third-order valence-corrected chi connectivity index (χ3v) is 4.71. The smallest absolute Gasteiger partial charge is 0.214 e. The van der Waals surface area contributed by atoms with Crippen LogP contribution in [0.4, 0.5) is 0 Å². The van der Waals surface area contributed by atoms with E-state index in [0.717, 1.165) is 41.7 Å². The molecule has 1 aromatic heterocycles. The van der Waals surface area contributed by atoms with Crippen LogP contribution in [0, 0.1) is 25.7 Å². The van der Waals surface area contributed by atoms with Crippen LogP contribution in [0.2, 0.25) is 0 Å². The zero-order valence-corrected chi connectivity index (χ0v) is 17.4. The summed E-state index contributed by atoms with van der Waals surface area (Å²) in [4.78, 5) is 11.0. The monoisotopic (exact) mass is 434 g/mol. The molecule has 0 aromatic carbocycles. The van der Waals surface area contributed by atoms with E-state index in [1.165, 1.54) is 25.7 Å². The second kappa shape index (κ2) is 9.49. The highest BCUT2D eigenvalue weighted by Gasteiger charge is 2.20. The SMILES string of the molecule is CN=C(NCc1nc(C)c(C)o1)N(C)CC1CCC(C)CC1.I. The molecule has 0 amide bonds. The number of nitrogens with zero attached hydrogens (tertiary/aromatic N) is 3. The van der Waals surface area contributed by atoms with Crippen molar-refractivity contribution in [2.24, 2.45) is 16.8 Å². The number of hydrogen-bond acceptors (Lipinski definition) is 3. The highest BCUT2D eigenvalue weighted by atomic mass is 127. The number of aryl methyl sites for hydroxylation is 2. The number of guanidine groups is 1. The summed E-state index contributed by atoms with van der Waals surface area (Å²) < 4.78 is 5.60. The van der Waals surface area contributed by atoms with Gasteiger partial charge >= 0.3 is 0 Å². The molecule has 1 saturated carbocycles. The average Bonchev–Trinajstić information content (AvgIpc) is 2.81. The lowest BCUT2D eigenvalue weighted by atomic mass is 9.83. The minimum Gasteiger partial charge on any atom is -0.444 e. The van der Waals surface area contributed by atoms with Crippen molar-refractivity contribution in [3.63, 3.8) is 0 Å². The number of nitrogens with one attached hydrogen (secondary N) is 1. The lowest BCUT2D eigenvalue weighted by Crippen LogP contribution is -2.41. The van der Waals surface area contributed by atoms with E-state index in [9.17, 15) is 0 Å². The van der Waals surface area contributed by atoms with Gasteiger partial charge in [-0.15, -0.1) is 24.0 Å². The summed E-state index contributed by atoms with van der Waals surface area (Å²) in [5.41, 5.74) is 0.955. The fraction of sp³-hybridized carbons (Fsp3) is 0.765. The quantitative estimate of drug-likeness (QED) is 0.446. The van der Waals surface area contributed by atoms with Gasteiger partial charge in [-0.3, -0.25) is 4.99 Å². The maximum absolute atomic E-state index is 5.60. The molecule has 0 atom stereocenters. The second-order valence-corrected chi connectivity index (χ2v) is 6.66. The van der Waals surface area contributed by atoms with E-state index < -0.39 is 0 Å². The van der Waals surface area contributed by atoms with Gasteiger partial charge in [0.15, 0.2) is 5.96 Å². The van der Waals surface area contributed by atoms with Gasteiger partial charge in [0, 0.05) is 20.6 Å². The van der Waals surface area contributed by atoms with Crippen LogP contribution in [0.3, 0.4) is 0 Å². The summed E-state index contributed by atoms with van der Waals surface area (Å²) >= 11 is 0. The largest absolute Gasteiger partial charge is 0.444 e. The Labute approximate surface area is 157 Å². The minimum absolute atomic E-state index is 0. The molecule has 2 rings (SSSR count). The molecule has 1 N–H and O–H groups in total. The number of rotatable bonds is 4. The molecular weight excluding hydrogens is 403 g/mol. The van der Waals surface area contributed by atoms with Gasteiger partial charge < -0.3 is 14.6 Å². The van der Waals surface area contributed by atoms with Gasteiger partial charge in [-0.2, -0.15) is 0 Å².